The van der Waals surface area contributed by atoms with Crippen LogP contribution in [0.5, 0.6) is 5.75 Å². The lowest BCUT2D eigenvalue weighted by atomic mass is 10.1. The number of benzene rings is 2. The first-order valence-electron chi connectivity index (χ1n) is 6.38. The number of aromatic hydroxyl groups is 1. The molecule has 0 atom stereocenters. The monoisotopic (exact) mass is 270 g/mol. The van der Waals surface area contributed by atoms with Gasteiger partial charge in [-0.15, -0.1) is 0 Å². The lowest BCUT2D eigenvalue weighted by molar-refractivity contribution is 0.0785. The average Bonchev–Trinajstić information content (AvgIpc) is 2.43. The van der Waals surface area contributed by atoms with Crippen LogP contribution in [-0.4, -0.2) is 23.0 Å². The van der Waals surface area contributed by atoms with E-state index in [4.69, 9.17) is 5.73 Å². The molecule has 0 fully saturated rings. The highest BCUT2D eigenvalue weighted by Gasteiger charge is 2.16. The number of hydrogen-bond acceptors (Lipinski definition) is 3. The van der Waals surface area contributed by atoms with Crippen molar-refractivity contribution in [3.63, 3.8) is 0 Å². The quantitative estimate of drug-likeness (QED) is 0.842. The Morgan fingerprint density at radius 2 is 1.90 bits per heavy atom. The molecule has 2 rings (SSSR count). The maximum Gasteiger partial charge on any atom is 0.255 e. The number of rotatable bonds is 3. The minimum atomic E-state index is -0.158. The molecule has 2 aromatic carbocycles. The molecule has 0 aliphatic heterocycles. The molecule has 0 aliphatic carbocycles. The second kappa shape index (κ2) is 5.65. The van der Waals surface area contributed by atoms with E-state index in [1.54, 1.807) is 36.2 Å². The highest BCUT2D eigenvalue weighted by atomic mass is 16.3. The van der Waals surface area contributed by atoms with E-state index in [0.717, 1.165) is 5.56 Å². The Hall–Kier alpha value is -2.49. The summed E-state index contributed by atoms with van der Waals surface area (Å²) in [5.74, 6) is 0.0267. The Bertz CT molecular complexity index is 638. The van der Waals surface area contributed by atoms with Gasteiger partial charge in [-0.25, -0.2) is 0 Å². The van der Waals surface area contributed by atoms with Crippen molar-refractivity contribution in [3.05, 3.63) is 59.2 Å². The predicted molar refractivity (Wildman–Crippen MR) is 79.5 cm³/mol. The minimum absolute atomic E-state index is 0.158. The van der Waals surface area contributed by atoms with E-state index in [9.17, 15) is 9.90 Å². The number of para-hydroxylation sites is 2. The van der Waals surface area contributed by atoms with Crippen LogP contribution in [0, 0.1) is 6.92 Å². The summed E-state index contributed by atoms with van der Waals surface area (Å²) in [4.78, 5) is 13.9. The Kier molecular flexibility index (Phi) is 3.94. The van der Waals surface area contributed by atoms with Crippen molar-refractivity contribution < 1.29 is 9.90 Å². The maximum absolute atomic E-state index is 12.4. The molecular weight excluding hydrogens is 252 g/mol. The van der Waals surface area contributed by atoms with E-state index in [0.29, 0.717) is 23.4 Å². The summed E-state index contributed by atoms with van der Waals surface area (Å²) in [6, 6.07) is 12.4. The first-order chi connectivity index (χ1) is 9.50. The molecule has 0 saturated carbocycles. The fraction of sp³-hybridized carbons (Fsp3) is 0.188. The molecule has 104 valence electrons. The van der Waals surface area contributed by atoms with Crippen LogP contribution in [0.3, 0.4) is 0 Å². The smallest absolute Gasteiger partial charge is 0.255 e. The summed E-state index contributed by atoms with van der Waals surface area (Å²) < 4.78 is 0. The average molecular weight is 270 g/mol. The van der Waals surface area contributed by atoms with Gasteiger partial charge in [0.1, 0.15) is 5.75 Å². The van der Waals surface area contributed by atoms with E-state index >= 15 is 0 Å². The molecule has 4 nitrogen and oxygen atoms in total. The van der Waals surface area contributed by atoms with Crippen LogP contribution in [0.15, 0.2) is 42.5 Å². The zero-order valence-electron chi connectivity index (χ0n) is 11.6. The van der Waals surface area contributed by atoms with Gasteiger partial charge in [-0.05, 0) is 24.6 Å². The lowest BCUT2D eigenvalue weighted by Crippen LogP contribution is -2.27. The van der Waals surface area contributed by atoms with Crippen molar-refractivity contribution in [2.24, 2.45) is 0 Å². The molecule has 0 saturated heterocycles. The van der Waals surface area contributed by atoms with Gasteiger partial charge in [0, 0.05) is 24.8 Å². The normalized spacial score (nSPS) is 10.3. The van der Waals surface area contributed by atoms with Gasteiger partial charge in [-0.2, -0.15) is 0 Å². The zero-order chi connectivity index (χ0) is 14.7. The van der Waals surface area contributed by atoms with Crippen molar-refractivity contribution in [1.82, 2.24) is 4.90 Å². The fourth-order valence-corrected chi connectivity index (χ4v) is 2.04. The molecule has 4 heteroatoms. The number of amides is 1. The van der Waals surface area contributed by atoms with E-state index in [1.165, 1.54) is 0 Å². The third kappa shape index (κ3) is 2.74. The summed E-state index contributed by atoms with van der Waals surface area (Å²) in [7, 11) is 1.69. The van der Waals surface area contributed by atoms with Gasteiger partial charge >= 0.3 is 0 Å². The molecule has 0 unspecified atom stereocenters. The Balaban J connectivity index is 2.21. The largest absolute Gasteiger partial charge is 0.508 e. The van der Waals surface area contributed by atoms with Gasteiger partial charge in [-0.1, -0.05) is 30.3 Å². The third-order valence-electron chi connectivity index (χ3n) is 3.30. The van der Waals surface area contributed by atoms with Gasteiger partial charge in [0.25, 0.3) is 5.91 Å². The first-order valence-corrected chi connectivity index (χ1v) is 6.38. The Morgan fingerprint density at radius 3 is 2.60 bits per heavy atom. The standard InChI is InChI=1S/C16H18N2O2/c1-11-6-5-8-13(15(11)17)16(20)18(2)10-12-7-3-4-9-14(12)19/h3-9,19H,10,17H2,1-2H3. The molecule has 3 N–H and O–H groups in total. The number of nitrogens with two attached hydrogens (primary N) is 1. The second-order valence-electron chi connectivity index (χ2n) is 4.83. The highest BCUT2D eigenvalue weighted by Crippen LogP contribution is 2.21. The Labute approximate surface area is 118 Å². The van der Waals surface area contributed by atoms with Crippen LogP contribution in [0.1, 0.15) is 21.5 Å². The fourth-order valence-electron chi connectivity index (χ4n) is 2.04. The highest BCUT2D eigenvalue weighted by molar-refractivity contribution is 5.99. The summed E-state index contributed by atoms with van der Waals surface area (Å²) >= 11 is 0. The molecular formula is C16H18N2O2. The molecule has 0 radical (unpaired) electrons. The molecule has 0 bridgehead atoms. The molecule has 20 heavy (non-hydrogen) atoms. The molecule has 0 aromatic heterocycles. The molecule has 0 aliphatic rings. The third-order valence-corrected chi connectivity index (χ3v) is 3.30. The van der Waals surface area contributed by atoms with Crippen molar-refractivity contribution in [1.29, 1.82) is 0 Å². The number of hydrogen-bond donors (Lipinski definition) is 2. The van der Waals surface area contributed by atoms with Crippen LogP contribution in [0.2, 0.25) is 0 Å². The van der Waals surface area contributed by atoms with Crippen molar-refractivity contribution >= 4 is 11.6 Å². The van der Waals surface area contributed by atoms with Crippen molar-refractivity contribution in [3.8, 4) is 5.75 Å². The van der Waals surface area contributed by atoms with E-state index < -0.39 is 0 Å². The van der Waals surface area contributed by atoms with E-state index in [2.05, 4.69) is 0 Å². The van der Waals surface area contributed by atoms with Gasteiger partial charge in [-0.3, -0.25) is 4.79 Å². The summed E-state index contributed by atoms with van der Waals surface area (Å²) in [5, 5.41) is 9.75. The van der Waals surface area contributed by atoms with Crippen LogP contribution in [0.25, 0.3) is 0 Å². The molecule has 1 amide bonds. The number of phenols is 1. The summed E-state index contributed by atoms with van der Waals surface area (Å²) in [5.41, 5.74) is 8.52. The van der Waals surface area contributed by atoms with Crippen LogP contribution in [0.4, 0.5) is 5.69 Å². The van der Waals surface area contributed by atoms with Gasteiger partial charge in [0.2, 0.25) is 0 Å². The Morgan fingerprint density at radius 1 is 1.20 bits per heavy atom. The summed E-state index contributed by atoms with van der Waals surface area (Å²) in [6.45, 7) is 2.20. The van der Waals surface area contributed by atoms with Crippen LogP contribution < -0.4 is 5.73 Å². The van der Waals surface area contributed by atoms with Gasteiger partial charge < -0.3 is 15.7 Å². The zero-order valence-corrected chi connectivity index (χ0v) is 11.6. The van der Waals surface area contributed by atoms with Crippen LogP contribution >= 0.6 is 0 Å². The van der Waals surface area contributed by atoms with E-state index in [1.807, 2.05) is 25.1 Å². The number of aryl methyl sites for hydroxylation is 1. The topological polar surface area (TPSA) is 66.6 Å². The van der Waals surface area contributed by atoms with Crippen molar-refractivity contribution in [2.75, 3.05) is 12.8 Å². The van der Waals surface area contributed by atoms with Crippen molar-refractivity contribution in [2.45, 2.75) is 13.5 Å². The number of phenolic OH excluding ortho intramolecular Hbond substituents is 1. The number of carbonyl (C=O) groups excluding carboxylic acids is 1. The maximum atomic E-state index is 12.4. The number of nitrogen functional groups attached to an aromatic ring is 1. The minimum Gasteiger partial charge on any atom is -0.508 e. The second-order valence-corrected chi connectivity index (χ2v) is 4.83. The molecule has 0 heterocycles. The molecule has 0 spiro atoms. The predicted octanol–water partition coefficient (Wildman–Crippen LogP) is 2.56. The molecule has 2 aromatic rings. The number of anilines is 1. The number of carbonyl (C=O) groups is 1. The van der Waals surface area contributed by atoms with E-state index in [-0.39, 0.29) is 11.7 Å². The SMILES string of the molecule is Cc1cccc(C(=O)N(C)Cc2ccccc2O)c1N. The number of nitrogens with zero attached hydrogens (tertiary/aromatic N) is 1. The summed E-state index contributed by atoms with van der Waals surface area (Å²) in [6.07, 6.45) is 0. The van der Waals surface area contributed by atoms with Gasteiger partial charge in [0.05, 0.1) is 5.56 Å². The van der Waals surface area contributed by atoms with Gasteiger partial charge in [0.15, 0.2) is 0 Å². The first kappa shape index (κ1) is 13.9. The lowest BCUT2D eigenvalue weighted by Gasteiger charge is -2.19. The van der Waals surface area contributed by atoms with Crippen LogP contribution in [-0.2, 0) is 6.54 Å².